The quantitative estimate of drug-likeness (QED) is 0.520. The van der Waals surface area contributed by atoms with Crippen LogP contribution < -0.4 is 5.56 Å². The number of fused-ring (bicyclic) bond motifs is 4. The summed E-state index contributed by atoms with van der Waals surface area (Å²) in [6, 6.07) is 12.0. The van der Waals surface area contributed by atoms with Gasteiger partial charge in [-0.2, -0.15) is 0 Å². The summed E-state index contributed by atoms with van der Waals surface area (Å²) in [5, 5.41) is 10.9. The first-order valence-corrected chi connectivity index (χ1v) is 11.2. The maximum atomic E-state index is 12.6. The Balaban J connectivity index is 1.46. The summed E-state index contributed by atoms with van der Waals surface area (Å²) in [7, 11) is 1.78. The Labute approximate surface area is 172 Å². The molecule has 3 heterocycles. The van der Waals surface area contributed by atoms with Gasteiger partial charge in [0.25, 0.3) is 5.56 Å². The molecule has 29 heavy (non-hydrogen) atoms. The van der Waals surface area contributed by atoms with Gasteiger partial charge in [0.2, 0.25) is 5.78 Å². The second-order valence-corrected chi connectivity index (χ2v) is 9.18. The van der Waals surface area contributed by atoms with Gasteiger partial charge in [-0.05, 0) is 54.7 Å². The summed E-state index contributed by atoms with van der Waals surface area (Å²) in [5.74, 6) is 1.55. The molecular weight excluding hydrogens is 382 g/mol. The molecule has 3 aromatic heterocycles. The third kappa shape index (κ3) is 2.68. The van der Waals surface area contributed by atoms with Crippen molar-refractivity contribution in [1.82, 2.24) is 24.1 Å². The highest BCUT2D eigenvalue weighted by atomic mass is 32.1. The number of rotatable bonds is 4. The maximum absolute atomic E-state index is 12.6. The standard InChI is InChI=1S/C22H23N5OS/c1-25-21(28)20-18(11-12-29-20)27-19(23-24-22(25)27)13-26(15-9-10-15)17-8-4-6-14-5-2-3-7-16(14)17/h2-3,5,7,11-12,15,17H,4,6,8-10,13H2,1H3. The van der Waals surface area contributed by atoms with E-state index in [0.29, 0.717) is 17.9 Å². The van der Waals surface area contributed by atoms with Crippen molar-refractivity contribution in [3.63, 3.8) is 0 Å². The lowest BCUT2D eigenvalue weighted by molar-refractivity contribution is 0.155. The molecule has 0 bridgehead atoms. The molecule has 4 aromatic rings. The van der Waals surface area contributed by atoms with E-state index in [1.54, 1.807) is 11.6 Å². The summed E-state index contributed by atoms with van der Waals surface area (Å²) >= 11 is 1.49. The van der Waals surface area contributed by atoms with Crippen molar-refractivity contribution in [3.8, 4) is 0 Å². The van der Waals surface area contributed by atoms with Gasteiger partial charge in [-0.25, -0.2) is 0 Å². The molecule has 1 unspecified atom stereocenters. The third-order valence-electron chi connectivity index (χ3n) is 6.48. The van der Waals surface area contributed by atoms with Crippen molar-refractivity contribution >= 4 is 27.3 Å². The van der Waals surface area contributed by atoms with Gasteiger partial charge < -0.3 is 0 Å². The fourth-order valence-corrected chi connectivity index (χ4v) is 5.74. The molecule has 2 aliphatic rings. The van der Waals surface area contributed by atoms with Gasteiger partial charge >= 0.3 is 0 Å². The van der Waals surface area contributed by atoms with Crippen LogP contribution in [0.15, 0.2) is 40.5 Å². The molecule has 0 spiro atoms. The predicted octanol–water partition coefficient (Wildman–Crippen LogP) is 3.68. The zero-order valence-corrected chi connectivity index (χ0v) is 17.2. The number of hydrogen-bond donors (Lipinski definition) is 0. The van der Waals surface area contributed by atoms with Crippen molar-refractivity contribution in [3.05, 3.63) is 63.0 Å². The van der Waals surface area contributed by atoms with E-state index >= 15 is 0 Å². The lowest BCUT2D eigenvalue weighted by atomic mass is 9.86. The summed E-state index contributed by atoms with van der Waals surface area (Å²) < 4.78 is 4.46. The van der Waals surface area contributed by atoms with Crippen LogP contribution in [0.3, 0.4) is 0 Å². The van der Waals surface area contributed by atoms with Gasteiger partial charge in [0.1, 0.15) is 4.70 Å². The first-order chi connectivity index (χ1) is 14.2. The van der Waals surface area contributed by atoms with Crippen LogP contribution in [0.25, 0.3) is 16.0 Å². The zero-order chi connectivity index (χ0) is 19.5. The van der Waals surface area contributed by atoms with Crippen molar-refractivity contribution in [2.24, 2.45) is 7.05 Å². The summed E-state index contributed by atoms with van der Waals surface area (Å²) in [4.78, 5) is 15.3. The number of hydrogen-bond acceptors (Lipinski definition) is 5. The van der Waals surface area contributed by atoms with Crippen LogP contribution in [0.4, 0.5) is 0 Å². The normalized spacial score (nSPS) is 19.3. The SMILES string of the molecule is Cn1c(=O)c2sccc2n2c(CN(C3CC3)C3CCCc4ccccc43)nnc12. The fourth-order valence-electron chi connectivity index (χ4n) is 4.89. The number of nitrogens with zero attached hydrogens (tertiary/aromatic N) is 5. The Morgan fingerprint density at radius 2 is 2.03 bits per heavy atom. The summed E-state index contributed by atoms with van der Waals surface area (Å²) in [5.41, 5.74) is 3.89. The largest absolute Gasteiger partial charge is 0.286 e. The molecule has 6 nitrogen and oxygen atoms in total. The number of benzene rings is 1. The van der Waals surface area contributed by atoms with E-state index in [2.05, 4.69) is 43.8 Å². The second kappa shape index (κ2) is 6.50. The molecule has 0 aliphatic heterocycles. The van der Waals surface area contributed by atoms with Gasteiger partial charge in [-0.15, -0.1) is 21.5 Å². The van der Waals surface area contributed by atoms with E-state index in [1.165, 1.54) is 54.6 Å². The molecule has 0 saturated heterocycles. The minimum atomic E-state index is 0.00158. The monoisotopic (exact) mass is 405 g/mol. The van der Waals surface area contributed by atoms with Crippen LogP contribution in [-0.2, 0) is 20.0 Å². The Kier molecular flexibility index (Phi) is 3.89. The van der Waals surface area contributed by atoms with Crippen molar-refractivity contribution < 1.29 is 0 Å². The molecule has 6 rings (SSSR count). The highest BCUT2D eigenvalue weighted by Gasteiger charge is 2.37. The van der Waals surface area contributed by atoms with Gasteiger partial charge in [0.15, 0.2) is 5.82 Å². The highest BCUT2D eigenvalue weighted by molar-refractivity contribution is 7.17. The second-order valence-electron chi connectivity index (χ2n) is 8.26. The molecule has 1 atom stereocenters. The molecule has 2 aliphatic carbocycles. The van der Waals surface area contributed by atoms with E-state index in [-0.39, 0.29) is 5.56 Å². The average Bonchev–Trinajstić information content (AvgIpc) is 3.31. The van der Waals surface area contributed by atoms with Crippen LogP contribution in [0.5, 0.6) is 0 Å². The predicted molar refractivity (Wildman–Crippen MR) is 114 cm³/mol. The molecule has 7 heteroatoms. The van der Waals surface area contributed by atoms with Crippen LogP contribution in [0.1, 0.15) is 48.7 Å². The topological polar surface area (TPSA) is 55.4 Å². The van der Waals surface area contributed by atoms with E-state index in [4.69, 9.17) is 0 Å². The van der Waals surface area contributed by atoms with Gasteiger partial charge in [0.05, 0.1) is 12.1 Å². The lowest BCUT2D eigenvalue weighted by Crippen LogP contribution is -2.33. The molecule has 0 amide bonds. The van der Waals surface area contributed by atoms with E-state index in [9.17, 15) is 4.79 Å². The molecular formula is C22H23N5OS. The number of aromatic nitrogens is 4. The molecule has 1 aromatic carbocycles. The Bertz CT molecular complexity index is 1280. The van der Waals surface area contributed by atoms with Crippen LogP contribution >= 0.6 is 11.3 Å². The van der Waals surface area contributed by atoms with Crippen LogP contribution in [0, 0.1) is 0 Å². The van der Waals surface area contributed by atoms with Crippen LogP contribution in [-0.4, -0.2) is 30.1 Å². The van der Waals surface area contributed by atoms with E-state index in [0.717, 1.165) is 22.6 Å². The summed E-state index contributed by atoms with van der Waals surface area (Å²) in [6.45, 7) is 0.758. The minimum Gasteiger partial charge on any atom is -0.286 e. The van der Waals surface area contributed by atoms with Crippen molar-refractivity contribution in [2.45, 2.75) is 50.7 Å². The highest BCUT2D eigenvalue weighted by Crippen LogP contribution is 2.41. The zero-order valence-electron chi connectivity index (χ0n) is 16.4. The molecule has 1 fully saturated rings. The Morgan fingerprint density at radius 3 is 2.90 bits per heavy atom. The number of thiophene rings is 1. The Hall–Kier alpha value is -2.51. The van der Waals surface area contributed by atoms with Gasteiger partial charge in [-0.1, -0.05) is 24.3 Å². The first-order valence-electron chi connectivity index (χ1n) is 10.4. The first kappa shape index (κ1) is 17.4. The smallest absolute Gasteiger partial charge is 0.272 e. The average molecular weight is 406 g/mol. The molecule has 148 valence electrons. The fraction of sp³-hybridized carbons (Fsp3) is 0.409. The van der Waals surface area contributed by atoms with E-state index < -0.39 is 0 Å². The molecule has 0 radical (unpaired) electrons. The lowest BCUT2D eigenvalue weighted by Gasteiger charge is -2.35. The van der Waals surface area contributed by atoms with Crippen molar-refractivity contribution in [2.75, 3.05) is 0 Å². The van der Waals surface area contributed by atoms with Crippen molar-refractivity contribution in [1.29, 1.82) is 0 Å². The summed E-state index contributed by atoms with van der Waals surface area (Å²) in [6.07, 6.45) is 6.10. The Morgan fingerprint density at radius 1 is 1.17 bits per heavy atom. The van der Waals surface area contributed by atoms with Crippen LogP contribution in [0.2, 0.25) is 0 Å². The van der Waals surface area contributed by atoms with Gasteiger partial charge in [-0.3, -0.25) is 18.7 Å². The maximum Gasteiger partial charge on any atom is 0.272 e. The molecule has 1 saturated carbocycles. The number of aryl methyl sites for hydroxylation is 2. The van der Waals surface area contributed by atoms with Gasteiger partial charge in [0, 0.05) is 19.1 Å². The third-order valence-corrected chi connectivity index (χ3v) is 7.37. The molecule has 0 N–H and O–H groups in total. The minimum absolute atomic E-state index is 0.00158. The van der Waals surface area contributed by atoms with E-state index in [1.807, 2.05) is 11.4 Å².